The van der Waals surface area contributed by atoms with Crippen LogP contribution in [0.25, 0.3) is 16.8 Å². The van der Waals surface area contributed by atoms with Gasteiger partial charge in [0.15, 0.2) is 0 Å². The van der Waals surface area contributed by atoms with Crippen LogP contribution in [-0.2, 0) is 0 Å². The Morgan fingerprint density at radius 1 is 0.634 bits per heavy atom. The van der Waals surface area contributed by atoms with Gasteiger partial charge in [-0.3, -0.25) is 0 Å². The predicted octanol–water partition coefficient (Wildman–Crippen LogP) is 9.33. The van der Waals surface area contributed by atoms with E-state index in [0.29, 0.717) is 11.8 Å². The molecule has 0 amide bonds. The van der Waals surface area contributed by atoms with Crippen molar-refractivity contribution in [3.8, 4) is 28.3 Å². The first-order chi connectivity index (χ1) is 20.0. The van der Waals surface area contributed by atoms with Crippen molar-refractivity contribution in [2.45, 2.75) is 39.5 Å². The number of ether oxygens (including phenoxy) is 1. The van der Waals surface area contributed by atoms with E-state index >= 15 is 0 Å². The highest BCUT2D eigenvalue weighted by Gasteiger charge is 2.18. The van der Waals surface area contributed by atoms with Crippen molar-refractivity contribution in [3.63, 3.8) is 0 Å². The highest BCUT2D eigenvalue weighted by Crippen LogP contribution is 2.36. The molecule has 0 unspecified atom stereocenters. The van der Waals surface area contributed by atoms with Crippen molar-refractivity contribution in [1.82, 2.24) is 9.78 Å². The first-order valence-corrected chi connectivity index (χ1v) is 14.3. The van der Waals surface area contributed by atoms with Crippen LogP contribution in [0.15, 0.2) is 122 Å². The lowest BCUT2D eigenvalue weighted by Crippen LogP contribution is -2.24. The van der Waals surface area contributed by atoms with E-state index in [1.54, 1.807) is 0 Å². The molecule has 0 saturated heterocycles. The fourth-order valence-corrected chi connectivity index (χ4v) is 5.40. The van der Waals surface area contributed by atoms with E-state index in [2.05, 4.69) is 117 Å². The van der Waals surface area contributed by atoms with Gasteiger partial charge >= 0.3 is 0 Å². The summed E-state index contributed by atoms with van der Waals surface area (Å²) >= 11 is 0. The van der Waals surface area contributed by atoms with Crippen LogP contribution in [-0.4, -0.2) is 16.4 Å². The molecule has 6 rings (SSSR count). The Bertz CT molecular complexity index is 1640. The number of nitrogens with zero attached hydrogens (tertiary/aromatic N) is 4. The van der Waals surface area contributed by atoms with Crippen molar-refractivity contribution in [3.05, 3.63) is 133 Å². The number of aromatic nitrogens is 2. The van der Waals surface area contributed by atoms with Gasteiger partial charge in [-0.1, -0.05) is 76.2 Å². The monoisotopic (exact) mass is 540 g/mol. The Morgan fingerprint density at radius 2 is 1.20 bits per heavy atom. The number of anilines is 2. The second kappa shape index (κ2) is 11.4. The molecule has 2 heterocycles. The SMILES string of the molecule is CC(C)c1cccc(C(C)C)c1-c1cnn(-c2cccc(Oc3cccc(N4C=CN(c5ccccc5)C4)c3)c2)c1. The van der Waals surface area contributed by atoms with E-state index in [9.17, 15) is 0 Å². The summed E-state index contributed by atoms with van der Waals surface area (Å²) in [6.45, 7) is 9.76. The van der Waals surface area contributed by atoms with Gasteiger partial charge in [0, 0.05) is 47.7 Å². The fraction of sp³-hybridized carbons (Fsp3) is 0.194. The maximum atomic E-state index is 6.34. The zero-order valence-corrected chi connectivity index (χ0v) is 24.1. The molecule has 5 heteroatoms. The molecule has 0 fully saturated rings. The summed E-state index contributed by atoms with van der Waals surface area (Å²) in [5, 5.41) is 4.75. The van der Waals surface area contributed by atoms with Crippen LogP contribution < -0.4 is 14.5 Å². The molecular weight excluding hydrogens is 504 g/mol. The molecule has 0 N–H and O–H groups in total. The summed E-state index contributed by atoms with van der Waals surface area (Å²) in [4.78, 5) is 4.43. The van der Waals surface area contributed by atoms with E-state index in [4.69, 9.17) is 9.84 Å². The van der Waals surface area contributed by atoms with Crippen molar-refractivity contribution in [1.29, 1.82) is 0 Å². The molecule has 5 nitrogen and oxygen atoms in total. The largest absolute Gasteiger partial charge is 0.457 e. The minimum atomic E-state index is 0.428. The van der Waals surface area contributed by atoms with Crippen LogP contribution in [0.5, 0.6) is 11.5 Å². The summed E-state index contributed by atoms with van der Waals surface area (Å²) in [6.07, 6.45) is 8.32. The number of rotatable bonds is 8. The fourth-order valence-electron chi connectivity index (χ4n) is 5.40. The maximum absolute atomic E-state index is 6.34. The molecule has 0 radical (unpaired) electrons. The summed E-state index contributed by atoms with van der Waals surface area (Å²) in [5.74, 6) is 2.42. The van der Waals surface area contributed by atoms with Gasteiger partial charge in [0.05, 0.1) is 18.6 Å². The van der Waals surface area contributed by atoms with Gasteiger partial charge in [-0.25, -0.2) is 4.68 Å². The summed E-state index contributed by atoms with van der Waals surface area (Å²) in [5.41, 5.74) is 8.36. The Balaban J connectivity index is 1.21. The third-order valence-corrected chi connectivity index (χ3v) is 7.53. The van der Waals surface area contributed by atoms with Crippen LogP contribution in [0.1, 0.15) is 50.7 Å². The van der Waals surface area contributed by atoms with Crippen LogP contribution in [0.4, 0.5) is 11.4 Å². The lowest BCUT2D eigenvalue weighted by atomic mass is 9.86. The van der Waals surface area contributed by atoms with Gasteiger partial charge in [-0.2, -0.15) is 5.10 Å². The smallest absolute Gasteiger partial charge is 0.129 e. The molecule has 1 aromatic heterocycles. The van der Waals surface area contributed by atoms with Gasteiger partial charge in [-0.15, -0.1) is 0 Å². The third kappa shape index (κ3) is 5.62. The minimum absolute atomic E-state index is 0.428. The normalized spacial score (nSPS) is 13.0. The highest BCUT2D eigenvalue weighted by atomic mass is 16.5. The molecule has 0 bridgehead atoms. The molecule has 5 aromatic rings. The quantitative estimate of drug-likeness (QED) is 0.196. The number of para-hydroxylation sites is 1. The molecule has 206 valence electrons. The van der Waals surface area contributed by atoms with Crippen LogP contribution in [0, 0.1) is 0 Å². The molecule has 0 spiro atoms. The van der Waals surface area contributed by atoms with Crippen molar-refractivity contribution < 1.29 is 4.74 Å². The van der Waals surface area contributed by atoms with Crippen molar-refractivity contribution in [2.24, 2.45) is 0 Å². The molecule has 0 atom stereocenters. The zero-order chi connectivity index (χ0) is 28.3. The molecule has 1 aliphatic rings. The lowest BCUT2D eigenvalue weighted by Gasteiger charge is -2.22. The number of hydrogen-bond acceptors (Lipinski definition) is 4. The molecule has 4 aromatic carbocycles. The van der Waals surface area contributed by atoms with Gasteiger partial charge in [0.2, 0.25) is 0 Å². The molecule has 0 saturated carbocycles. The number of hydrogen-bond donors (Lipinski definition) is 0. The summed E-state index contributed by atoms with van der Waals surface area (Å²) in [6, 6.07) is 33.4. The molecule has 1 aliphatic heterocycles. The van der Waals surface area contributed by atoms with Crippen molar-refractivity contribution in [2.75, 3.05) is 16.5 Å². The van der Waals surface area contributed by atoms with Crippen LogP contribution in [0.2, 0.25) is 0 Å². The Kier molecular flexibility index (Phi) is 7.34. The molecule has 0 aliphatic carbocycles. The number of benzene rings is 4. The summed E-state index contributed by atoms with van der Waals surface area (Å²) < 4.78 is 8.28. The molecular formula is C36H36N4O. The second-order valence-electron chi connectivity index (χ2n) is 11.1. The predicted molar refractivity (Wildman–Crippen MR) is 169 cm³/mol. The van der Waals surface area contributed by atoms with E-state index in [1.807, 2.05) is 47.3 Å². The third-order valence-electron chi connectivity index (χ3n) is 7.53. The topological polar surface area (TPSA) is 33.5 Å². The first-order valence-electron chi connectivity index (χ1n) is 14.3. The second-order valence-corrected chi connectivity index (χ2v) is 11.1. The Hall–Kier alpha value is -4.77. The standard InChI is InChI=1S/C36H36N4O/c1-26(2)34-17-10-18-35(27(3)4)36(34)28-23-37-40(24-28)31-14-9-16-33(22-31)41-32-15-8-13-30(21-32)39-20-19-38(25-39)29-11-6-5-7-12-29/h5-24,26-27H,25H2,1-4H3. The van der Waals surface area contributed by atoms with Crippen LogP contribution in [0.3, 0.4) is 0 Å². The van der Waals surface area contributed by atoms with Gasteiger partial charge < -0.3 is 14.5 Å². The average molecular weight is 541 g/mol. The van der Waals surface area contributed by atoms with E-state index in [0.717, 1.165) is 35.1 Å². The van der Waals surface area contributed by atoms with E-state index < -0.39 is 0 Å². The van der Waals surface area contributed by atoms with E-state index in [1.165, 1.54) is 22.4 Å². The van der Waals surface area contributed by atoms with Gasteiger partial charge in [0.1, 0.15) is 11.5 Å². The highest BCUT2D eigenvalue weighted by molar-refractivity contribution is 5.72. The minimum Gasteiger partial charge on any atom is -0.457 e. The van der Waals surface area contributed by atoms with Gasteiger partial charge in [-0.05, 0) is 64.9 Å². The average Bonchev–Trinajstić information content (AvgIpc) is 3.69. The summed E-state index contributed by atoms with van der Waals surface area (Å²) in [7, 11) is 0. The lowest BCUT2D eigenvalue weighted by molar-refractivity contribution is 0.482. The van der Waals surface area contributed by atoms with E-state index in [-0.39, 0.29) is 0 Å². The van der Waals surface area contributed by atoms with Crippen molar-refractivity contribution >= 4 is 11.4 Å². The first kappa shape index (κ1) is 26.5. The zero-order valence-electron chi connectivity index (χ0n) is 24.1. The Labute approximate surface area is 242 Å². The molecule has 41 heavy (non-hydrogen) atoms. The Morgan fingerprint density at radius 3 is 1.85 bits per heavy atom. The maximum Gasteiger partial charge on any atom is 0.129 e. The van der Waals surface area contributed by atoms with Crippen LogP contribution >= 0.6 is 0 Å². The van der Waals surface area contributed by atoms with Gasteiger partial charge in [0.25, 0.3) is 0 Å².